The average molecular weight is 442 g/mol. The van der Waals surface area contributed by atoms with E-state index < -0.39 is 6.64 Å². The Morgan fingerprint density at radius 3 is 2.70 bits per heavy atom. The van der Waals surface area contributed by atoms with Gasteiger partial charge in [0.2, 0.25) is 0 Å². The van der Waals surface area contributed by atoms with Crippen LogP contribution in [0.5, 0.6) is 0 Å². The van der Waals surface area contributed by atoms with Crippen molar-refractivity contribution in [3.8, 4) is 0 Å². The molecule has 5 nitrogen and oxygen atoms in total. The Morgan fingerprint density at radius 1 is 1.30 bits per heavy atom. The standard InChI is InChI=1S/C18H21ClN3O2PS2/c1-18(2)12-23-25(27,24-16(18)14-6-4-3-5-7-14)22-17(26)21-11-13-8-9-15(19)20-10-13/h3-10,16H,11-12H2,1-2H3,(H2,21,22,26,27)/t16-,25+/m0/s1. The van der Waals surface area contributed by atoms with Crippen molar-refractivity contribution in [2.75, 3.05) is 6.61 Å². The van der Waals surface area contributed by atoms with Gasteiger partial charge in [0.15, 0.2) is 5.11 Å². The van der Waals surface area contributed by atoms with Gasteiger partial charge in [-0.3, -0.25) is 5.09 Å². The molecule has 2 aromatic rings. The van der Waals surface area contributed by atoms with Crippen molar-refractivity contribution in [1.29, 1.82) is 0 Å². The zero-order valence-corrected chi connectivity index (χ0v) is 18.3. The molecule has 144 valence electrons. The highest BCUT2D eigenvalue weighted by atomic mass is 35.5. The average Bonchev–Trinajstić information content (AvgIpc) is 2.64. The molecule has 2 heterocycles. The van der Waals surface area contributed by atoms with Crippen molar-refractivity contribution in [3.05, 3.63) is 64.9 Å². The summed E-state index contributed by atoms with van der Waals surface area (Å²) in [4.78, 5) is 4.04. The second-order valence-electron chi connectivity index (χ2n) is 6.94. The maximum Gasteiger partial charge on any atom is 0.289 e. The van der Waals surface area contributed by atoms with Crippen molar-refractivity contribution in [2.45, 2.75) is 26.5 Å². The van der Waals surface area contributed by atoms with E-state index in [0.29, 0.717) is 23.4 Å². The first kappa shape index (κ1) is 20.6. The van der Waals surface area contributed by atoms with Crippen molar-refractivity contribution in [3.63, 3.8) is 0 Å². The van der Waals surface area contributed by atoms with E-state index in [2.05, 4.69) is 29.2 Å². The normalized spacial score (nSPS) is 24.2. The summed E-state index contributed by atoms with van der Waals surface area (Å²) in [6.45, 7) is 2.44. The zero-order valence-electron chi connectivity index (χ0n) is 15.0. The molecule has 2 N–H and O–H groups in total. The van der Waals surface area contributed by atoms with Crippen LogP contribution >= 0.6 is 30.5 Å². The summed E-state index contributed by atoms with van der Waals surface area (Å²) < 4.78 is 12.2. The van der Waals surface area contributed by atoms with Crippen LogP contribution in [0.4, 0.5) is 0 Å². The van der Waals surface area contributed by atoms with Gasteiger partial charge in [0.25, 0.3) is 6.64 Å². The fraction of sp³-hybridized carbons (Fsp3) is 0.333. The first-order valence-corrected chi connectivity index (χ1v) is 11.8. The van der Waals surface area contributed by atoms with E-state index in [-0.39, 0.29) is 11.5 Å². The molecule has 1 fully saturated rings. The number of nitrogens with zero attached hydrogens (tertiary/aromatic N) is 1. The van der Waals surface area contributed by atoms with E-state index in [1.165, 1.54) is 0 Å². The molecule has 3 rings (SSSR count). The van der Waals surface area contributed by atoms with Crippen LogP contribution < -0.4 is 10.4 Å². The largest absolute Gasteiger partial charge is 0.358 e. The molecule has 2 atom stereocenters. The van der Waals surface area contributed by atoms with Gasteiger partial charge in [0, 0.05) is 18.2 Å². The lowest BCUT2D eigenvalue weighted by Crippen LogP contribution is -2.40. The first-order chi connectivity index (χ1) is 12.8. The smallest absolute Gasteiger partial charge is 0.289 e. The maximum absolute atomic E-state index is 6.25. The molecular weight excluding hydrogens is 421 g/mol. The molecule has 0 radical (unpaired) electrons. The van der Waals surface area contributed by atoms with E-state index >= 15 is 0 Å². The van der Waals surface area contributed by atoms with Crippen molar-refractivity contribution >= 4 is 47.4 Å². The SMILES string of the molecule is CC1(C)CO[P@](=S)(NC(=S)NCc2ccc(Cl)nc2)O[C@H]1c1ccccc1. The summed E-state index contributed by atoms with van der Waals surface area (Å²) in [7, 11) is 0. The van der Waals surface area contributed by atoms with Crippen molar-refractivity contribution < 1.29 is 9.05 Å². The zero-order chi connectivity index (χ0) is 19.5. The van der Waals surface area contributed by atoms with Crippen LogP contribution in [0.25, 0.3) is 0 Å². The lowest BCUT2D eigenvalue weighted by Gasteiger charge is -2.43. The molecule has 0 saturated carbocycles. The summed E-state index contributed by atoms with van der Waals surface area (Å²) in [6, 6.07) is 13.7. The molecular formula is C18H21ClN3O2PS2. The maximum atomic E-state index is 6.25. The van der Waals surface area contributed by atoms with E-state index in [1.807, 2.05) is 36.4 Å². The van der Waals surface area contributed by atoms with E-state index in [1.54, 1.807) is 12.3 Å². The van der Waals surface area contributed by atoms with Crippen LogP contribution in [-0.4, -0.2) is 16.7 Å². The van der Waals surface area contributed by atoms with Crippen LogP contribution in [0.3, 0.4) is 0 Å². The Kier molecular flexibility index (Phi) is 6.51. The quantitative estimate of drug-likeness (QED) is 0.404. The van der Waals surface area contributed by atoms with Crippen LogP contribution in [-0.2, 0) is 27.4 Å². The molecule has 1 aromatic heterocycles. The number of halogens is 1. The Labute approximate surface area is 175 Å². The third-order valence-electron chi connectivity index (χ3n) is 4.14. The fourth-order valence-electron chi connectivity index (χ4n) is 2.69. The number of benzene rings is 1. The fourth-order valence-corrected chi connectivity index (χ4v) is 5.80. The highest BCUT2D eigenvalue weighted by Gasteiger charge is 2.43. The van der Waals surface area contributed by atoms with Gasteiger partial charge in [-0.25, -0.2) is 4.98 Å². The van der Waals surface area contributed by atoms with Crippen LogP contribution in [0.15, 0.2) is 48.7 Å². The Balaban J connectivity index is 1.64. The number of rotatable bonds is 4. The molecule has 0 unspecified atom stereocenters. The number of nitrogens with one attached hydrogen (secondary N) is 2. The molecule has 1 aliphatic rings. The summed E-state index contributed by atoms with van der Waals surface area (Å²) in [5.41, 5.74) is 1.83. The van der Waals surface area contributed by atoms with Gasteiger partial charge < -0.3 is 14.4 Å². The van der Waals surface area contributed by atoms with E-state index in [0.717, 1.165) is 11.1 Å². The topological polar surface area (TPSA) is 55.4 Å². The van der Waals surface area contributed by atoms with Crippen LogP contribution in [0.1, 0.15) is 31.1 Å². The minimum absolute atomic E-state index is 0.172. The third-order valence-corrected chi connectivity index (χ3v) is 7.07. The molecule has 0 spiro atoms. The second-order valence-corrected chi connectivity index (χ2v) is 10.9. The predicted octanol–water partition coefficient (Wildman–Crippen LogP) is 4.74. The Bertz CT molecular complexity index is 849. The number of hydrogen-bond acceptors (Lipinski definition) is 5. The Hall–Kier alpha value is -1.08. The van der Waals surface area contributed by atoms with Gasteiger partial charge in [0.1, 0.15) is 5.15 Å². The number of aromatic nitrogens is 1. The molecule has 0 aliphatic carbocycles. The second kappa shape index (κ2) is 8.52. The lowest BCUT2D eigenvalue weighted by molar-refractivity contribution is -0.0137. The van der Waals surface area contributed by atoms with Gasteiger partial charge in [-0.1, -0.05) is 61.8 Å². The van der Waals surface area contributed by atoms with Crippen molar-refractivity contribution in [1.82, 2.24) is 15.4 Å². The lowest BCUT2D eigenvalue weighted by atomic mass is 9.83. The van der Waals surface area contributed by atoms with Gasteiger partial charge in [-0.2, -0.15) is 0 Å². The van der Waals surface area contributed by atoms with Gasteiger partial charge >= 0.3 is 0 Å². The van der Waals surface area contributed by atoms with E-state index in [9.17, 15) is 0 Å². The molecule has 1 aromatic carbocycles. The van der Waals surface area contributed by atoms with Gasteiger partial charge in [0.05, 0.1) is 12.7 Å². The van der Waals surface area contributed by atoms with Gasteiger partial charge in [-0.05, 0) is 41.2 Å². The number of thiocarbonyl (C=S) groups is 1. The van der Waals surface area contributed by atoms with Gasteiger partial charge in [-0.15, -0.1) is 0 Å². The summed E-state index contributed by atoms with van der Waals surface area (Å²) in [5, 5.41) is 7.02. The first-order valence-electron chi connectivity index (χ1n) is 8.42. The van der Waals surface area contributed by atoms with Crippen LogP contribution in [0.2, 0.25) is 5.15 Å². The summed E-state index contributed by atoms with van der Waals surface area (Å²) in [6.07, 6.45) is 1.52. The summed E-state index contributed by atoms with van der Waals surface area (Å²) in [5.74, 6) is 0. The number of hydrogen-bond donors (Lipinski definition) is 2. The molecule has 9 heteroatoms. The molecule has 1 saturated heterocycles. The minimum Gasteiger partial charge on any atom is -0.358 e. The molecule has 27 heavy (non-hydrogen) atoms. The third kappa shape index (κ3) is 5.47. The predicted molar refractivity (Wildman–Crippen MR) is 116 cm³/mol. The highest BCUT2D eigenvalue weighted by Crippen LogP contribution is 2.58. The molecule has 1 aliphatic heterocycles. The number of pyridine rings is 1. The van der Waals surface area contributed by atoms with Crippen molar-refractivity contribution in [2.24, 2.45) is 5.41 Å². The monoisotopic (exact) mass is 441 g/mol. The Morgan fingerprint density at radius 2 is 2.04 bits per heavy atom. The molecule has 0 amide bonds. The highest BCUT2D eigenvalue weighted by molar-refractivity contribution is 8.09. The molecule has 0 bridgehead atoms. The minimum atomic E-state index is -2.76. The van der Waals surface area contributed by atoms with E-state index in [4.69, 9.17) is 44.7 Å². The van der Waals surface area contributed by atoms with Crippen LogP contribution in [0, 0.1) is 5.41 Å². The summed E-state index contributed by atoms with van der Waals surface area (Å²) >= 11 is 16.8.